The highest BCUT2D eigenvalue weighted by molar-refractivity contribution is 6.05. The van der Waals surface area contributed by atoms with Crippen molar-refractivity contribution in [2.75, 3.05) is 5.32 Å². The van der Waals surface area contributed by atoms with Crippen molar-refractivity contribution in [3.8, 4) is 17.0 Å². The summed E-state index contributed by atoms with van der Waals surface area (Å²) in [6, 6.07) is 13.6. The number of para-hydroxylation sites is 1. The van der Waals surface area contributed by atoms with Gasteiger partial charge < -0.3 is 10.1 Å². The summed E-state index contributed by atoms with van der Waals surface area (Å²) in [7, 11) is 0. The van der Waals surface area contributed by atoms with Gasteiger partial charge in [-0.05, 0) is 37.6 Å². The summed E-state index contributed by atoms with van der Waals surface area (Å²) in [5.41, 5.74) is 5.90. The van der Waals surface area contributed by atoms with Gasteiger partial charge in [-0.15, -0.1) is 0 Å². The second-order valence-corrected chi connectivity index (χ2v) is 5.98. The van der Waals surface area contributed by atoms with E-state index in [4.69, 9.17) is 4.74 Å². The number of aryl methyl sites for hydroxylation is 2. The number of hydrogen-bond donors (Lipinski definition) is 2. The Bertz CT molecular complexity index is 944. The lowest BCUT2D eigenvalue weighted by molar-refractivity contribution is 0.101. The fourth-order valence-corrected chi connectivity index (χ4v) is 2.99. The summed E-state index contributed by atoms with van der Waals surface area (Å²) in [5, 5.41) is 10.1. The van der Waals surface area contributed by atoms with Crippen LogP contribution in [0.15, 0.2) is 42.5 Å². The number of nitrogens with zero attached hydrogens (tertiary/aromatic N) is 1. The molecule has 0 unspecified atom stereocenters. The number of anilines is 1. The summed E-state index contributed by atoms with van der Waals surface area (Å²) in [6.07, 6.45) is 0. The van der Waals surface area contributed by atoms with E-state index >= 15 is 0 Å². The van der Waals surface area contributed by atoms with Crippen LogP contribution in [0.3, 0.4) is 0 Å². The monoisotopic (exact) mass is 319 g/mol. The summed E-state index contributed by atoms with van der Waals surface area (Å²) >= 11 is 0. The van der Waals surface area contributed by atoms with Gasteiger partial charge in [-0.2, -0.15) is 5.10 Å². The van der Waals surface area contributed by atoms with Gasteiger partial charge in [-0.3, -0.25) is 9.89 Å². The Morgan fingerprint density at radius 1 is 1.21 bits per heavy atom. The maximum Gasteiger partial charge on any atom is 0.274 e. The van der Waals surface area contributed by atoms with Gasteiger partial charge in [0, 0.05) is 16.8 Å². The molecule has 4 rings (SSSR count). The number of nitrogens with one attached hydrogen (secondary N) is 2. The van der Waals surface area contributed by atoms with Crippen molar-refractivity contribution < 1.29 is 9.53 Å². The van der Waals surface area contributed by atoms with Crippen molar-refractivity contribution in [1.82, 2.24) is 10.2 Å². The minimum Gasteiger partial charge on any atom is -0.488 e. The maximum absolute atomic E-state index is 12.7. The van der Waals surface area contributed by atoms with Gasteiger partial charge in [0.25, 0.3) is 5.91 Å². The SMILES string of the molecule is Cc1ccc(NC(=O)c2[nH]nc3c2COc2ccccc2-3)c(C)c1. The minimum absolute atomic E-state index is 0.210. The number of ether oxygens (including phenoxy) is 1. The highest BCUT2D eigenvalue weighted by atomic mass is 16.5. The molecule has 2 N–H and O–H groups in total. The van der Waals surface area contributed by atoms with Gasteiger partial charge in [-0.25, -0.2) is 0 Å². The number of fused-ring (bicyclic) bond motifs is 3. The molecule has 0 fully saturated rings. The van der Waals surface area contributed by atoms with E-state index in [0.717, 1.165) is 39.4 Å². The predicted octanol–water partition coefficient (Wildman–Crippen LogP) is 3.84. The number of aromatic amines is 1. The Morgan fingerprint density at radius 3 is 2.88 bits per heavy atom. The van der Waals surface area contributed by atoms with E-state index in [9.17, 15) is 4.79 Å². The molecule has 0 aliphatic carbocycles. The van der Waals surface area contributed by atoms with Gasteiger partial charge in [0.05, 0.1) is 0 Å². The van der Waals surface area contributed by atoms with Gasteiger partial charge >= 0.3 is 0 Å². The Balaban J connectivity index is 1.67. The second kappa shape index (κ2) is 5.53. The van der Waals surface area contributed by atoms with E-state index in [-0.39, 0.29) is 5.91 Å². The van der Waals surface area contributed by atoms with Crippen LogP contribution < -0.4 is 10.1 Å². The van der Waals surface area contributed by atoms with E-state index < -0.39 is 0 Å². The fraction of sp³-hybridized carbons (Fsp3) is 0.158. The average Bonchev–Trinajstić information content (AvgIpc) is 3.02. The van der Waals surface area contributed by atoms with Crippen LogP contribution in [0.4, 0.5) is 5.69 Å². The fourth-order valence-electron chi connectivity index (χ4n) is 2.99. The smallest absolute Gasteiger partial charge is 0.274 e. The van der Waals surface area contributed by atoms with Crippen molar-refractivity contribution in [2.45, 2.75) is 20.5 Å². The molecular formula is C19H17N3O2. The highest BCUT2D eigenvalue weighted by Gasteiger charge is 2.26. The van der Waals surface area contributed by atoms with Crippen molar-refractivity contribution in [2.24, 2.45) is 0 Å². The molecule has 3 aromatic rings. The summed E-state index contributed by atoms with van der Waals surface area (Å²) in [5.74, 6) is 0.580. The number of benzene rings is 2. The summed E-state index contributed by atoms with van der Waals surface area (Å²) < 4.78 is 5.75. The van der Waals surface area contributed by atoms with Crippen molar-refractivity contribution >= 4 is 11.6 Å². The summed E-state index contributed by atoms with van der Waals surface area (Å²) in [4.78, 5) is 12.7. The van der Waals surface area contributed by atoms with E-state index in [0.29, 0.717) is 12.3 Å². The predicted molar refractivity (Wildman–Crippen MR) is 92.2 cm³/mol. The van der Waals surface area contributed by atoms with Gasteiger partial charge in [0.15, 0.2) is 0 Å². The molecule has 120 valence electrons. The maximum atomic E-state index is 12.7. The molecule has 1 aliphatic heterocycles. The summed E-state index contributed by atoms with van der Waals surface area (Å²) in [6.45, 7) is 4.33. The highest BCUT2D eigenvalue weighted by Crippen LogP contribution is 2.37. The lowest BCUT2D eigenvalue weighted by atomic mass is 10.0. The molecule has 0 atom stereocenters. The second-order valence-electron chi connectivity index (χ2n) is 5.98. The van der Waals surface area contributed by atoms with E-state index in [1.807, 2.05) is 56.3 Å². The molecule has 0 bridgehead atoms. The van der Waals surface area contributed by atoms with Crippen LogP contribution in [-0.2, 0) is 6.61 Å². The van der Waals surface area contributed by atoms with Crippen molar-refractivity contribution in [3.05, 3.63) is 64.8 Å². The third kappa shape index (κ3) is 2.34. The number of H-pyrrole nitrogens is 1. The van der Waals surface area contributed by atoms with Crippen molar-refractivity contribution in [1.29, 1.82) is 0 Å². The largest absolute Gasteiger partial charge is 0.488 e. The number of carbonyl (C=O) groups excluding carboxylic acids is 1. The van der Waals surface area contributed by atoms with Gasteiger partial charge in [0.2, 0.25) is 0 Å². The van der Waals surface area contributed by atoms with Crippen LogP contribution in [-0.4, -0.2) is 16.1 Å². The lowest BCUT2D eigenvalue weighted by Crippen LogP contribution is -2.17. The third-order valence-corrected chi connectivity index (χ3v) is 4.24. The number of rotatable bonds is 2. The Hall–Kier alpha value is -3.08. The number of aromatic nitrogens is 2. The molecule has 0 saturated carbocycles. The molecule has 0 saturated heterocycles. The molecule has 5 heteroatoms. The van der Waals surface area contributed by atoms with Crippen LogP contribution >= 0.6 is 0 Å². The topological polar surface area (TPSA) is 67.0 Å². The molecular weight excluding hydrogens is 302 g/mol. The zero-order valence-corrected chi connectivity index (χ0v) is 13.5. The van der Waals surface area contributed by atoms with Crippen LogP contribution in [0.5, 0.6) is 5.75 Å². The standard InChI is InChI=1S/C19H17N3O2/c1-11-7-8-15(12(2)9-11)20-19(23)18-14-10-24-16-6-4-3-5-13(16)17(14)21-22-18/h3-9H,10H2,1-2H3,(H,20,23)(H,21,22). The first kappa shape index (κ1) is 14.5. The van der Waals surface area contributed by atoms with Crippen LogP contribution in [0, 0.1) is 13.8 Å². The molecule has 1 amide bonds. The first-order chi connectivity index (χ1) is 11.6. The first-order valence-corrected chi connectivity index (χ1v) is 7.81. The molecule has 2 aromatic carbocycles. The van der Waals surface area contributed by atoms with Crippen LogP contribution in [0.25, 0.3) is 11.3 Å². The lowest BCUT2D eigenvalue weighted by Gasteiger charge is -2.17. The molecule has 0 radical (unpaired) electrons. The third-order valence-electron chi connectivity index (χ3n) is 4.24. The van der Waals surface area contributed by atoms with E-state index in [1.165, 1.54) is 0 Å². The van der Waals surface area contributed by atoms with E-state index in [2.05, 4.69) is 15.5 Å². The molecule has 5 nitrogen and oxygen atoms in total. The zero-order valence-electron chi connectivity index (χ0n) is 13.5. The molecule has 0 spiro atoms. The molecule has 1 aromatic heterocycles. The first-order valence-electron chi connectivity index (χ1n) is 7.81. The Morgan fingerprint density at radius 2 is 2.04 bits per heavy atom. The Kier molecular flexibility index (Phi) is 3.34. The van der Waals surface area contributed by atoms with Crippen LogP contribution in [0.2, 0.25) is 0 Å². The zero-order chi connectivity index (χ0) is 16.7. The quantitative estimate of drug-likeness (QED) is 0.754. The van der Waals surface area contributed by atoms with Gasteiger partial charge in [-0.1, -0.05) is 29.8 Å². The van der Waals surface area contributed by atoms with Crippen LogP contribution in [0.1, 0.15) is 27.2 Å². The number of hydrogen-bond acceptors (Lipinski definition) is 3. The number of amides is 1. The number of carbonyl (C=O) groups is 1. The Labute approximate surface area is 139 Å². The molecule has 1 aliphatic rings. The molecule has 2 heterocycles. The van der Waals surface area contributed by atoms with E-state index in [1.54, 1.807) is 0 Å². The normalized spacial score (nSPS) is 12.1. The molecule has 24 heavy (non-hydrogen) atoms. The minimum atomic E-state index is -0.210. The van der Waals surface area contributed by atoms with Crippen molar-refractivity contribution in [3.63, 3.8) is 0 Å². The van der Waals surface area contributed by atoms with Gasteiger partial charge in [0.1, 0.15) is 23.7 Å². The average molecular weight is 319 g/mol.